The highest BCUT2D eigenvalue weighted by molar-refractivity contribution is 7.20. The van der Waals surface area contributed by atoms with Gasteiger partial charge in [0.1, 0.15) is 5.82 Å². The van der Waals surface area contributed by atoms with Gasteiger partial charge in [-0.2, -0.15) is 0 Å². The molecule has 22 heavy (non-hydrogen) atoms. The van der Waals surface area contributed by atoms with E-state index in [1.165, 1.54) is 6.42 Å². The molecule has 4 heterocycles. The van der Waals surface area contributed by atoms with Gasteiger partial charge in [-0.15, -0.1) is 5.10 Å². The second-order valence-corrected chi connectivity index (χ2v) is 6.63. The number of aryl methyl sites for hydroxylation is 1. The Bertz CT molecular complexity index is 733. The minimum Gasteiger partial charge on any atom is -0.370 e. The van der Waals surface area contributed by atoms with Crippen molar-refractivity contribution in [1.82, 2.24) is 19.6 Å². The maximum Gasteiger partial charge on any atom is 0.214 e. The first-order chi connectivity index (χ1) is 10.8. The molecule has 3 aromatic heterocycles. The maximum absolute atomic E-state index is 4.63. The smallest absolute Gasteiger partial charge is 0.214 e. The molecule has 0 spiro atoms. The van der Waals surface area contributed by atoms with Gasteiger partial charge in [0.25, 0.3) is 0 Å². The van der Waals surface area contributed by atoms with E-state index in [2.05, 4.69) is 25.3 Å². The summed E-state index contributed by atoms with van der Waals surface area (Å²) in [5.41, 5.74) is 1.02. The topological polar surface area (TPSA) is 58.4 Å². The van der Waals surface area contributed by atoms with E-state index in [1.807, 2.05) is 42.0 Å². The average Bonchev–Trinajstić information content (AvgIpc) is 3.20. The molecule has 0 bridgehead atoms. The van der Waals surface area contributed by atoms with Crippen LogP contribution in [0.25, 0.3) is 4.96 Å². The fraction of sp³-hybridized carbons (Fsp3) is 0.400. The van der Waals surface area contributed by atoms with E-state index in [9.17, 15) is 0 Å². The molecule has 114 valence electrons. The summed E-state index contributed by atoms with van der Waals surface area (Å²) in [6, 6.07) is 5.94. The van der Waals surface area contributed by atoms with Crippen LogP contribution >= 0.6 is 11.3 Å². The minimum atomic E-state index is 0.625. The molecule has 3 aromatic rings. The van der Waals surface area contributed by atoms with Crippen molar-refractivity contribution in [2.24, 2.45) is 5.92 Å². The third-order valence-electron chi connectivity index (χ3n) is 3.95. The highest BCUT2D eigenvalue weighted by Crippen LogP contribution is 2.28. The third-order valence-corrected chi connectivity index (χ3v) is 4.93. The van der Waals surface area contributed by atoms with Crippen molar-refractivity contribution in [3.05, 3.63) is 36.3 Å². The lowest BCUT2D eigenvalue weighted by Gasteiger charge is -2.15. The molecule has 0 unspecified atom stereocenters. The molecule has 0 saturated carbocycles. The predicted molar refractivity (Wildman–Crippen MR) is 88.6 cm³/mol. The van der Waals surface area contributed by atoms with Gasteiger partial charge >= 0.3 is 0 Å². The normalized spacial score (nSPS) is 18.2. The van der Waals surface area contributed by atoms with Crippen molar-refractivity contribution < 1.29 is 0 Å². The number of rotatable bonds is 4. The van der Waals surface area contributed by atoms with Crippen molar-refractivity contribution >= 4 is 27.2 Å². The summed E-state index contributed by atoms with van der Waals surface area (Å²) in [5, 5.41) is 9.12. The summed E-state index contributed by atoms with van der Waals surface area (Å²) < 4.78 is 1.88. The molecule has 0 aliphatic carbocycles. The van der Waals surface area contributed by atoms with Crippen molar-refractivity contribution in [3.8, 4) is 0 Å². The number of aromatic nitrogens is 4. The molecule has 4 rings (SSSR count). The zero-order valence-corrected chi connectivity index (χ0v) is 13.3. The molecular formula is C15H18N6S. The van der Waals surface area contributed by atoms with Crippen molar-refractivity contribution in [1.29, 1.82) is 0 Å². The summed E-state index contributed by atoms with van der Waals surface area (Å²) in [7, 11) is 0. The largest absolute Gasteiger partial charge is 0.370 e. The molecule has 1 saturated heterocycles. The Balaban J connectivity index is 1.38. The molecule has 0 aromatic carbocycles. The van der Waals surface area contributed by atoms with E-state index in [4.69, 9.17) is 0 Å². The average molecular weight is 314 g/mol. The van der Waals surface area contributed by atoms with E-state index in [-0.39, 0.29) is 0 Å². The SMILES string of the molecule is Cc1cn2nc(N3CC[C@@H](CNc4ccccn4)C3)sc2n1. The summed E-state index contributed by atoms with van der Waals surface area (Å²) in [4.78, 5) is 12.1. The van der Waals surface area contributed by atoms with Gasteiger partial charge < -0.3 is 10.2 Å². The lowest BCUT2D eigenvalue weighted by Crippen LogP contribution is -2.22. The molecule has 6 nitrogen and oxygen atoms in total. The molecule has 1 fully saturated rings. The van der Waals surface area contributed by atoms with E-state index in [0.29, 0.717) is 5.92 Å². The van der Waals surface area contributed by atoms with Crippen LogP contribution < -0.4 is 10.2 Å². The van der Waals surface area contributed by atoms with Gasteiger partial charge in [-0.1, -0.05) is 17.4 Å². The molecule has 1 aliphatic heterocycles. The van der Waals surface area contributed by atoms with Crippen molar-refractivity contribution in [3.63, 3.8) is 0 Å². The van der Waals surface area contributed by atoms with Crippen molar-refractivity contribution in [2.45, 2.75) is 13.3 Å². The van der Waals surface area contributed by atoms with Crippen LogP contribution in [-0.2, 0) is 0 Å². The van der Waals surface area contributed by atoms with E-state index in [0.717, 1.165) is 41.2 Å². The number of hydrogen-bond acceptors (Lipinski definition) is 6. The van der Waals surface area contributed by atoms with Crippen LogP contribution in [0.5, 0.6) is 0 Å². The lowest BCUT2D eigenvalue weighted by molar-refractivity contribution is 0.621. The number of nitrogens with one attached hydrogen (secondary N) is 1. The number of pyridine rings is 1. The molecule has 1 N–H and O–H groups in total. The zero-order chi connectivity index (χ0) is 14.9. The summed E-state index contributed by atoms with van der Waals surface area (Å²) in [6.45, 7) is 5.05. The van der Waals surface area contributed by atoms with Crippen LogP contribution in [0.2, 0.25) is 0 Å². The number of anilines is 2. The summed E-state index contributed by atoms with van der Waals surface area (Å²) in [5.74, 6) is 1.57. The van der Waals surface area contributed by atoms with E-state index >= 15 is 0 Å². The highest BCUT2D eigenvalue weighted by atomic mass is 32.1. The molecule has 7 heteroatoms. The van der Waals surface area contributed by atoms with Gasteiger partial charge in [-0.3, -0.25) is 0 Å². The summed E-state index contributed by atoms with van der Waals surface area (Å²) >= 11 is 1.67. The first kappa shape index (κ1) is 13.5. The Hall–Kier alpha value is -2.15. The second-order valence-electron chi connectivity index (χ2n) is 5.69. The number of hydrogen-bond donors (Lipinski definition) is 1. The van der Waals surface area contributed by atoms with E-state index in [1.54, 1.807) is 11.3 Å². The standard InChI is InChI=1S/C15H18N6S/c1-11-9-21-14(18-11)22-15(19-21)20-7-5-12(10-20)8-17-13-4-2-3-6-16-13/h2-4,6,9,12H,5,7-8,10H2,1H3,(H,16,17)/t12-/m0/s1. The second kappa shape index (κ2) is 5.57. The number of nitrogens with zero attached hydrogens (tertiary/aromatic N) is 5. The lowest BCUT2D eigenvalue weighted by atomic mass is 10.1. The van der Waals surface area contributed by atoms with E-state index < -0.39 is 0 Å². The summed E-state index contributed by atoms with van der Waals surface area (Å²) in [6.07, 6.45) is 4.98. The Morgan fingerprint density at radius 1 is 1.41 bits per heavy atom. The van der Waals surface area contributed by atoms with Gasteiger partial charge in [0.05, 0.1) is 11.9 Å². The van der Waals surface area contributed by atoms with Crippen molar-refractivity contribution in [2.75, 3.05) is 29.9 Å². The fourth-order valence-electron chi connectivity index (χ4n) is 2.82. The van der Waals surface area contributed by atoms with Crippen LogP contribution in [0, 0.1) is 12.8 Å². The van der Waals surface area contributed by atoms with Gasteiger partial charge in [0.15, 0.2) is 0 Å². The third kappa shape index (κ3) is 2.64. The zero-order valence-electron chi connectivity index (χ0n) is 12.4. The van der Waals surface area contributed by atoms with Gasteiger partial charge in [0, 0.05) is 25.8 Å². The molecule has 1 aliphatic rings. The molecular weight excluding hydrogens is 296 g/mol. The highest BCUT2D eigenvalue weighted by Gasteiger charge is 2.25. The number of fused-ring (bicyclic) bond motifs is 1. The Labute approximate surface area is 132 Å². The molecule has 0 radical (unpaired) electrons. The Kier molecular flexibility index (Phi) is 3.42. The predicted octanol–water partition coefficient (Wildman–Crippen LogP) is 2.43. The quantitative estimate of drug-likeness (QED) is 0.801. The van der Waals surface area contributed by atoms with Crippen LogP contribution in [0.3, 0.4) is 0 Å². The maximum atomic E-state index is 4.63. The Morgan fingerprint density at radius 2 is 2.36 bits per heavy atom. The van der Waals surface area contributed by atoms with Crippen LogP contribution in [-0.4, -0.2) is 39.2 Å². The van der Waals surface area contributed by atoms with Gasteiger partial charge in [-0.05, 0) is 31.4 Å². The monoisotopic (exact) mass is 314 g/mol. The molecule has 1 atom stereocenters. The van der Waals surface area contributed by atoms with Crippen LogP contribution in [0.1, 0.15) is 12.1 Å². The molecule has 0 amide bonds. The first-order valence-electron chi connectivity index (χ1n) is 7.50. The van der Waals surface area contributed by atoms with Crippen LogP contribution in [0.4, 0.5) is 10.9 Å². The first-order valence-corrected chi connectivity index (χ1v) is 8.32. The number of imidazole rings is 1. The Morgan fingerprint density at radius 3 is 3.18 bits per heavy atom. The van der Waals surface area contributed by atoms with Crippen LogP contribution in [0.15, 0.2) is 30.6 Å². The minimum absolute atomic E-state index is 0.625. The van der Waals surface area contributed by atoms with Gasteiger partial charge in [0.2, 0.25) is 10.1 Å². The van der Waals surface area contributed by atoms with Gasteiger partial charge in [-0.25, -0.2) is 14.5 Å². The fourth-order valence-corrected chi connectivity index (χ4v) is 3.78.